The van der Waals surface area contributed by atoms with Crippen LogP contribution in [0.1, 0.15) is 13.8 Å². The number of rotatable bonds is 5. The number of hydrogen-bond donors (Lipinski definition) is 2. The molecule has 0 atom stereocenters. The van der Waals surface area contributed by atoms with Crippen LogP contribution >= 0.6 is 0 Å². The lowest BCUT2D eigenvalue weighted by molar-refractivity contribution is -0.117. The molecule has 1 saturated heterocycles. The minimum absolute atomic E-state index is 0.0232. The molecule has 0 unspecified atom stereocenters. The molecule has 1 aliphatic heterocycles. The summed E-state index contributed by atoms with van der Waals surface area (Å²) in [6, 6.07) is 7.18. The zero-order valence-corrected chi connectivity index (χ0v) is 13.3. The Morgan fingerprint density at radius 1 is 1.05 bits per heavy atom. The smallest absolute Gasteiger partial charge is 0.238 e. The van der Waals surface area contributed by atoms with Gasteiger partial charge in [0.05, 0.1) is 6.54 Å². The third kappa shape index (κ3) is 5.13. The molecule has 2 amide bonds. The SMILES string of the molecule is CCN1CCN(CC(=O)Nc2cccc(NC(C)=O)c2)CC1. The summed E-state index contributed by atoms with van der Waals surface area (Å²) in [6.45, 7) is 8.97. The second-order valence-corrected chi connectivity index (χ2v) is 5.52. The van der Waals surface area contributed by atoms with E-state index in [0.717, 1.165) is 32.7 Å². The lowest BCUT2D eigenvalue weighted by atomic mass is 10.2. The molecule has 2 N–H and O–H groups in total. The second kappa shape index (κ2) is 7.91. The van der Waals surface area contributed by atoms with Crippen molar-refractivity contribution >= 4 is 23.2 Å². The molecule has 6 heteroatoms. The Kier molecular flexibility index (Phi) is 5.91. The minimum Gasteiger partial charge on any atom is -0.326 e. The maximum absolute atomic E-state index is 12.1. The molecule has 1 aliphatic rings. The first-order valence-corrected chi connectivity index (χ1v) is 7.69. The molecule has 6 nitrogen and oxygen atoms in total. The van der Waals surface area contributed by atoms with Crippen molar-refractivity contribution in [2.24, 2.45) is 0 Å². The van der Waals surface area contributed by atoms with E-state index in [0.29, 0.717) is 17.9 Å². The van der Waals surface area contributed by atoms with E-state index in [1.807, 2.05) is 6.07 Å². The van der Waals surface area contributed by atoms with E-state index in [4.69, 9.17) is 0 Å². The summed E-state index contributed by atoms with van der Waals surface area (Å²) in [5.74, 6) is -0.151. The van der Waals surface area contributed by atoms with Crippen LogP contribution in [0.3, 0.4) is 0 Å². The van der Waals surface area contributed by atoms with Gasteiger partial charge >= 0.3 is 0 Å². The lowest BCUT2D eigenvalue weighted by Crippen LogP contribution is -2.48. The number of likely N-dealkylation sites (N-methyl/N-ethyl adjacent to an activating group) is 1. The van der Waals surface area contributed by atoms with Crippen LogP contribution in [-0.2, 0) is 9.59 Å². The van der Waals surface area contributed by atoms with Crippen LogP contribution in [0.15, 0.2) is 24.3 Å². The van der Waals surface area contributed by atoms with E-state index in [1.165, 1.54) is 6.92 Å². The van der Waals surface area contributed by atoms with Crippen LogP contribution in [0.5, 0.6) is 0 Å². The quantitative estimate of drug-likeness (QED) is 0.858. The van der Waals surface area contributed by atoms with Crippen molar-refractivity contribution in [2.75, 3.05) is 49.9 Å². The second-order valence-electron chi connectivity index (χ2n) is 5.52. The van der Waals surface area contributed by atoms with Crippen molar-refractivity contribution in [3.63, 3.8) is 0 Å². The summed E-state index contributed by atoms with van der Waals surface area (Å²) in [5, 5.41) is 5.59. The highest BCUT2D eigenvalue weighted by molar-refractivity contribution is 5.94. The summed E-state index contributed by atoms with van der Waals surface area (Å²) >= 11 is 0. The van der Waals surface area contributed by atoms with E-state index in [1.54, 1.807) is 18.2 Å². The maximum atomic E-state index is 12.1. The van der Waals surface area contributed by atoms with Crippen molar-refractivity contribution in [1.82, 2.24) is 9.80 Å². The average Bonchev–Trinajstić information content (AvgIpc) is 2.47. The van der Waals surface area contributed by atoms with Gasteiger partial charge in [-0.1, -0.05) is 13.0 Å². The Hall–Kier alpha value is -1.92. The number of carbonyl (C=O) groups excluding carboxylic acids is 2. The Bertz CT molecular complexity index is 525. The van der Waals surface area contributed by atoms with E-state index in [9.17, 15) is 9.59 Å². The molecular formula is C16H24N4O2. The van der Waals surface area contributed by atoms with Crippen molar-refractivity contribution in [2.45, 2.75) is 13.8 Å². The fourth-order valence-electron chi connectivity index (χ4n) is 2.55. The van der Waals surface area contributed by atoms with Crippen molar-refractivity contribution < 1.29 is 9.59 Å². The van der Waals surface area contributed by atoms with Gasteiger partial charge in [0.25, 0.3) is 0 Å². The Balaban J connectivity index is 1.83. The van der Waals surface area contributed by atoms with E-state index >= 15 is 0 Å². The zero-order chi connectivity index (χ0) is 15.9. The molecule has 1 heterocycles. The van der Waals surface area contributed by atoms with Gasteiger partial charge in [-0.05, 0) is 24.7 Å². The molecular weight excluding hydrogens is 280 g/mol. The highest BCUT2D eigenvalue weighted by Gasteiger charge is 2.17. The van der Waals surface area contributed by atoms with E-state index < -0.39 is 0 Å². The summed E-state index contributed by atoms with van der Waals surface area (Å²) in [6.07, 6.45) is 0. The largest absolute Gasteiger partial charge is 0.326 e. The molecule has 120 valence electrons. The molecule has 0 aliphatic carbocycles. The van der Waals surface area contributed by atoms with Crippen LogP contribution in [0.2, 0.25) is 0 Å². The average molecular weight is 304 g/mol. The van der Waals surface area contributed by atoms with Crippen LogP contribution in [0.4, 0.5) is 11.4 Å². The number of hydrogen-bond acceptors (Lipinski definition) is 4. The molecule has 22 heavy (non-hydrogen) atoms. The number of nitrogens with zero attached hydrogens (tertiary/aromatic N) is 2. The van der Waals surface area contributed by atoms with Crippen molar-refractivity contribution in [3.8, 4) is 0 Å². The van der Waals surface area contributed by atoms with Crippen molar-refractivity contribution in [1.29, 1.82) is 0 Å². The summed E-state index contributed by atoms with van der Waals surface area (Å²) in [7, 11) is 0. The van der Waals surface area contributed by atoms with Crippen LogP contribution < -0.4 is 10.6 Å². The molecule has 0 bridgehead atoms. The Morgan fingerprint density at radius 2 is 1.64 bits per heavy atom. The summed E-state index contributed by atoms with van der Waals surface area (Å²) in [5.41, 5.74) is 1.38. The predicted molar refractivity (Wildman–Crippen MR) is 87.9 cm³/mol. The number of nitrogens with one attached hydrogen (secondary N) is 2. The van der Waals surface area contributed by atoms with Gasteiger partial charge in [-0.3, -0.25) is 14.5 Å². The highest BCUT2D eigenvalue weighted by Crippen LogP contribution is 2.15. The first-order valence-electron chi connectivity index (χ1n) is 7.69. The van der Waals surface area contributed by atoms with Gasteiger partial charge in [0.1, 0.15) is 0 Å². The molecule has 1 aromatic carbocycles. The monoisotopic (exact) mass is 304 g/mol. The number of anilines is 2. The standard InChI is InChI=1S/C16H24N4O2/c1-3-19-7-9-20(10-8-19)12-16(22)18-15-6-4-5-14(11-15)17-13(2)21/h4-6,11H,3,7-10,12H2,1-2H3,(H,17,21)(H,18,22). The van der Waals surface area contributed by atoms with Gasteiger partial charge in [0.2, 0.25) is 11.8 Å². The first kappa shape index (κ1) is 16.5. The van der Waals surface area contributed by atoms with E-state index in [2.05, 4.69) is 27.4 Å². The molecule has 0 aromatic heterocycles. The third-order valence-electron chi connectivity index (χ3n) is 3.75. The minimum atomic E-state index is -0.128. The van der Waals surface area contributed by atoms with E-state index in [-0.39, 0.29) is 11.8 Å². The third-order valence-corrected chi connectivity index (χ3v) is 3.75. The summed E-state index contributed by atoms with van der Waals surface area (Å²) in [4.78, 5) is 27.7. The zero-order valence-electron chi connectivity index (χ0n) is 13.3. The Labute approximate surface area is 131 Å². The number of amides is 2. The Morgan fingerprint density at radius 3 is 2.23 bits per heavy atom. The van der Waals surface area contributed by atoms with Crippen LogP contribution in [0, 0.1) is 0 Å². The lowest BCUT2D eigenvalue weighted by Gasteiger charge is -2.33. The fourth-order valence-corrected chi connectivity index (χ4v) is 2.55. The maximum Gasteiger partial charge on any atom is 0.238 e. The molecule has 1 fully saturated rings. The molecule has 1 aromatic rings. The number of piperazine rings is 1. The molecule has 0 radical (unpaired) electrons. The van der Waals surface area contributed by atoms with Gasteiger partial charge in [0, 0.05) is 44.5 Å². The fraction of sp³-hybridized carbons (Fsp3) is 0.500. The number of benzene rings is 1. The molecule has 2 rings (SSSR count). The highest BCUT2D eigenvalue weighted by atomic mass is 16.2. The molecule has 0 spiro atoms. The predicted octanol–water partition coefficient (Wildman–Crippen LogP) is 1.22. The van der Waals surface area contributed by atoms with Gasteiger partial charge in [-0.2, -0.15) is 0 Å². The summed E-state index contributed by atoms with van der Waals surface area (Å²) < 4.78 is 0. The van der Waals surface area contributed by atoms with Gasteiger partial charge < -0.3 is 15.5 Å². The van der Waals surface area contributed by atoms with Gasteiger partial charge in [0.15, 0.2) is 0 Å². The van der Waals surface area contributed by atoms with Gasteiger partial charge in [-0.25, -0.2) is 0 Å². The van der Waals surface area contributed by atoms with Crippen LogP contribution in [-0.4, -0.2) is 60.9 Å². The van der Waals surface area contributed by atoms with Crippen molar-refractivity contribution in [3.05, 3.63) is 24.3 Å². The normalized spacial score (nSPS) is 16.3. The van der Waals surface area contributed by atoms with Crippen LogP contribution in [0.25, 0.3) is 0 Å². The first-order chi connectivity index (χ1) is 10.6. The van der Waals surface area contributed by atoms with Gasteiger partial charge in [-0.15, -0.1) is 0 Å². The topological polar surface area (TPSA) is 64.7 Å². The number of carbonyl (C=O) groups is 2. The molecule has 0 saturated carbocycles.